The number of hydrogen-bond acceptors (Lipinski definition) is 1. The Kier molecular flexibility index (Phi) is 2.88. The van der Waals surface area contributed by atoms with E-state index in [1.54, 1.807) is 13.8 Å². The van der Waals surface area contributed by atoms with Crippen LogP contribution >= 0.6 is 0 Å². The Balaban J connectivity index is 3.37. The van der Waals surface area contributed by atoms with E-state index < -0.39 is 18.1 Å². The van der Waals surface area contributed by atoms with Gasteiger partial charge in [-0.1, -0.05) is 0 Å². The van der Waals surface area contributed by atoms with Gasteiger partial charge in [0.05, 0.1) is 11.3 Å². The molecule has 0 radical (unpaired) electrons. The van der Waals surface area contributed by atoms with Crippen LogP contribution < -0.4 is 0 Å². The molecule has 5 heteroatoms. The summed E-state index contributed by atoms with van der Waals surface area (Å²) >= 11 is 0. The lowest BCUT2D eigenvalue weighted by Crippen LogP contribution is -2.07. The fraction of sp³-hybridized carbons (Fsp3) is 0.444. The molecule has 0 aliphatic rings. The van der Waals surface area contributed by atoms with Gasteiger partial charge in [0.2, 0.25) is 0 Å². The van der Waals surface area contributed by atoms with Crippen molar-refractivity contribution in [2.45, 2.75) is 26.8 Å². The Labute approximate surface area is 80.0 Å². The molecule has 0 unspecified atom stereocenters. The van der Waals surface area contributed by atoms with Crippen molar-refractivity contribution < 1.29 is 18.7 Å². The second-order valence-electron chi connectivity index (χ2n) is 2.93. The van der Waals surface area contributed by atoms with Gasteiger partial charge in [-0.15, -0.1) is 0 Å². The maximum absolute atomic E-state index is 12.6. The summed E-state index contributed by atoms with van der Waals surface area (Å²) in [5, 5.41) is 8.70. The average molecular weight is 203 g/mol. The zero-order chi connectivity index (χ0) is 10.9. The number of alkyl halides is 2. The second kappa shape index (κ2) is 3.77. The van der Waals surface area contributed by atoms with Crippen molar-refractivity contribution >= 4 is 5.97 Å². The minimum Gasteiger partial charge on any atom is -0.478 e. The van der Waals surface area contributed by atoms with Crippen molar-refractivity contribution in [1.29, 1.82) is 0 Å². The third-order valence-corrected chi connectivity index (χ3v) is 2.10. The van der Waals surface area contributed by atoms with Crippen LogP contribution in [0.3, 0.4) is 0 Å². The molecule has 0 amide bonds. The SMILES string of the molecule is CCn1c(C)cc(C(=O)O)c1C(F)F. The highest BCUT2D eigenvalue weighted by Gasteiger charge is 2.23. The molecule has 0 bridgehead atoms. The van der Waals surface area contributed by atoms with Gasteiger partial charge in [0, 0.05) is 12.2 Å². The smallest absolute Gasteiger partial charge is 0.337 e. The maximum Gasteiger partial charge on any atom is 0.337 e. The highest BCUT2D eigenvalue weighted by molar-refractivity contribution is 5.89. The van der Waals surface area contributed by atoms with Crippen LogP contribution in [-0.2, 0) is 6.54 Å². The van der Waals surface area contributed by atoms with Crippen LogP contribution in [0.25, 0.3) is 0 Å². The Morgan fingerprint density at radius 3 is 2.57 bits per heavy atom. The van der Waals surface area contributed by atoms with Crippen LogP contribution in [0.4, 0.5) is 8.78 Å². The van der Waals surface area contributed by atoms with Gasteiger partial charge in [0.25, 0.3) is 6.43 Å². The molecule has 0 saturated carbocycles. The lowest BCUT2D eigenvalue weighted by Gasteiger charge is -2.08. The van der Waals surface area contributed by atoms with E-state index in [1.807, 2.05) is 0 Å². The van der Waals surface area contributed by atoms with Crippen LogP contribution in [0.1, 0.15) is 35.1 Å². The molecule has 0 spiro atoms. The molecule has 1 N–H and O–H groups in total. The maximum atomic E-state index is 12.6. The van der Waals surface area contributed by atoms with Crippen molar-refractivity contribution in [2.24, 2.45) is 0 Å². The number of rotatable bonds is 3. The van der Waals surface area contributed by atoms with E-state index >= 15 is 0 Å². The first kappa shape index (κ1) is 10.7. The minimum atomic E-state index is -2.75. The second-order valence-corrected chi connectivity index (χ2v) is 2.93. The molecular weight excluding hydrogens is 192 g/mol. The standard InChI is InChI=1S/C9H11F2NO2/c1-3-12-5(2)4-6(9(13)14)7(12)8(10)11/h4,8H,3H2,1-2H3,(H,13,14). The van der Waals surface area contributed by atoms with E-state index in [-0.39, 0.29) is 5.56 Å². The molecule has 0 aliphatic heterocycles. The number of aryl methyl sites for hydroxylation is 1. The monoisotopic (exact) mass is 203 g/mol. The topological polar surface area (TPSA) is 42.2 Å². The van der Waals surface area contributed by atoms with E-state index in [0.29, 0.717) is 12.2 Å². The van der Waals surface area contributed by atoms with Crippen LogP contribution in [0, 0.1) is 6.92 Å². The van der Waals surface area contributed by atoms with Crippen LogP contribution in [0.2, 0.25) is 0 Å². The molecule has 1 aromatic rings. The van der Waals surface area contributed by atoms with Crippen molar-refractivity contribution in [2.75, 3.05) is 0 Å². The normalized spacial score (nSPS) is 10.9. The minimum absolute atomic E-state index is 0.306. The van der Waals surface area contributed by atoms with Crippen molar-refractivity contribution in [3.8, 4) is 0 Å². The van der Waals surface area contributed by atoms with Crippen LogP contribution in [-0.4, -0.2) is 15.6 Å². The molecule has 0 aliphatic carbocycles. The number of carbonyl (C=O) groups is 1. The summed E-state index contributed by atoms with van der Waals surface area (Å²) < 4.78 is 26.4. The molecule has 0 saturated heterocycles. The van der Waals surface area contributed by atoms with Gasteiger partial charge >= 0.3 is 5.97 Å². The molecular formula is C9H11F2NO2. The number of aromatic carboxylic acids is 1. The summed E-state index contributed by atoms with van der Waals surface area (Å²) in [5.74, 6) is -1.31. The number of hydrogen-bond donors (Lipinski definition) is 1. The Morgan fingerprint density at radius 2 is 2.21 bits per heavy atom. The summed E-state index contributed by atoms with van der Waals surface area (Å²) in [7, 11) is 0. The fourth-order valence-corrected chi connectivity index (χ4v) is 1.52. The number of carboxylic acid groups (broad SMARTS) is 1. The molecule has 1 heterocycles. The van der Waals surface area contributed by atoms with Gasteiger partial charge in [-0.05, 0) is 19.9 Å². The predicted octanol–water partition coefficient (Wildman–Crippen LogP) is 2.45. The molecule has 0 fully saturated rings. The Hall–Kier alpha value is -1.39. The first-order chi connectivity index (χ1) is 6.49. The summed E-state index contributed by atoms with van der Waals surface area (Å²) in [6, 6.07) is 1.27. The molecule has 14 heavy (non-hydrogen) atoms. The van der Waals surface area contributed by atoms with Crippen LogP contribution in [0.15, 0.2) is 6.07 Å². The van der Waals surface area contributed by atoms with Crippen molar-refractivity contribution in [3.63, 3.8) is 0 Å². The molecule has 0 atom stereocenters. The lowest BCUT2D eigenvalue weighted by molar-refractivity contribution is 0.0682. The predicted molar refractivity (Wildman–Crippen MR) is 46.8 cm³/mol. The first-order valence-corrected chi connectivity index (χ1v) is 4.20. The van der Waals surface area contributed by atoms with Gasteiger partial charge in [-0.25, -0.2) is 13.6 Å². The average Bonchev–Trinajstić information content (AvgIpc) is 2.42. The number of aromatic nitrogens is 1. The molecule has 0 aromatic carbocycles. The molecule has 1 rings (SSSR count). The Bertz CT molecular complexity index is 358. The largest absolute Gasteiger partial charge is 0.478 e. The van der Waals surface area contributed by atoms with E-state index in [1.165, 1.54) is 10.6 Å². The fourth-order valence-electron chi connectivity index (χ4n) is 1.52. The zero-order valence-corrected chi connectivity index (χ0v) is 7.92. The third kappa shape index (κ3) is 1.62. The van der Waals surface area contributed by atoms with Gasteiger partial charge in [0.1, 0.15) is 0 Å². The van der Waals surface area contributed by atoms with Crippen molar-refractivity contribution in [1.82, 2.24) is 4.57 Å². The van der Waals surface area contributed by atoms with Gasteiger partial charge in [0.15, 0.2) is 0 Å². The summed E-state index contributed by atoms with van der Waals surface area (Å²) in [6.45, 7) is 3.66. The number of carboxylic acids is 1. The highest BCUT2D eigenvalue weighted by atomic mass is 19.3. The van der Waals surface area contributed by atoms with Crippen LogP contribution in [0.5, 0.6) is 0 Å². The summed E-state index contributed by atoms with van der Waals surface area (Å²) in [6.07, 6.45) is -2.75. The highest BCUT2D eigenvalue weighted by Crippen LogP contribution is 2.26. The van der Waals surface area contributed by atoms with E-state index in [0.717, 1.165) is 0 Å². The number of halogens is 2. The Morgan fingerprint density at radius 1 is 1.64 bits per heavy atom. The van der Waals surface area contributed by atoms with Crippen molar-refractivity contribution in [3.05, 3.63) is 23.0 Å². The van der Waals surface area contributed by atoms with Gasteiger partial charge in [-0.2, -0.15) is 0 Å². The summed E-state index contributed by atoms with van der Waals surface area (Å²) in [5.41, 5.74) is -0.169. The van der Waals surface area contributed by atoms with E-state index in [9.17, 15) is 13.6 Å². The lowest BCUT2D eigenvalue weighted by atomic mass is 10.2. The van der Waals surface area contributed by atoms with E-state index in [4.69, 9.17) is 5.11 Å². The molecule has 1 aromatic heterocycles. The number of nitrogens with zero attached hydrogens (tertiary/aromatic N) is 1. The quantitative estimate of drug-likeness (QED) is 0.819. The molecule has 3 nitrogen and oxygen atoms in total. The third-order valence-electron chi connectivity index (χ3n) is 2.10. The first-order valence-electron chi connectivity index (χ1n) is 4.20. The zero-order valence-electron chi connectivity index (χ0n) is 7.92. The summed E-state index contributed by atoms with van der Waals surface area (Å²) in [4.78, 5) is 10.7. The van der Waals surface area contributed by atoms with Gasteiger partial charge < -0.3 is 9.67 Å². The van der Waals surface area contributed by atoms with E-state index in [2.05, 4.69) is 0 Å². The molecule has 78 valence electrons. The van der Waals surface area contributed by atoms with Gasteiger partial charge in [-0.3, -0.25) is 0 Å².